The van der Waals surface area contributed by atoms with Gasteiger partial charge in [-0.2, -0.15) is 0 Å². The molecule has 3 N–H and O–H groups in total. The third kappa shape index (κ3) is 5.57. The van der Waals surface area contributed by atoms with Gasteiger partial charge in [0.1, 0.15) is 24.1 Å². The Morgan fingerprint density at radius 1 is 1.05 bits per heavy atom. The molecule has 8 heteroatoms. The van der Waals surface area contributed by atoms with Gasteiger partial charge in [-0.15, -0.1) is 0 Å². The highest BCUT2D eigenvalue weighted by atomic mass is 16.8. The number of aromatic hydroxyl groups is 1. The van der Waals surface area contributed by atoms with E-state index in [1.807, 2.05) is 36.4 Å². The van der Waals surface area contributed by atoms with Crippen molar-refractivity contribution in [3.05, 3.63) is 82.9 Å². The zero-order valence-electron chi connectivity index (χ0n) is 22.3. The largest absolute Gasteiger partial charge is 0.508 e. The van der Waals surface area contributed by atoms with Crippen LogP contribution in [0.25, 0.3) is 6.08 Å². The number of aliphatic hydroxyl groups is 1. The van der Waals surface area contributed by atoms with Crippen LogP contribution in [0.4, 0.5) is 0 Å². The third-order valence-electron chi connectivity index (χ3n) is 8.12. The van der Waals surface area contributed by atoms with E-state index in [1.54, 1.807) is 30.3 Å². The molecule has 0 bridgehead atoms. The summed E-state index contributed by atoms with van der Waals surface area (Å²) in [4.78, 5) is 26.2. The maximum Gasteiger partial charge on any atom is 0.338 e. The number of allylic oxidation sites excluding steroid dienone is 1. The Balaban J connectivity index is 1.18. The smallest absolute Gasteiger partial charge is 0.338 e. The van der Waals surface area contributed by atoms with E-state index in [-0.39, 0.29) is 31.2 Å². The van der Waals surface area contributed by atoms with E-state index in [9.17, 15) is 14.7 Å². The molecule has 0 spiro atoms. The Kier molecular flexibility index (Phi) is 7.49. The maximum atomic E-state index is 13.4. The first-order valence-corrected chi connectivity index (χ1v) is 14.2. The SMILES string of the molecule is O=C(NCCO)C1=CC2OC(C3CC3)(C3CC3)OC2C(OC(=O)c2cccc(C=CCc3ccccc3O)c2)C1. The number of aliphatic hydroxyl groups excluding tert-OH is 1. The molecule has 40 heavy (non-hydrogen) atoms. The molecule has 0 aromatic heterocycles. The predicted molar refractivity (Wildman–Crippen MR) is 147 cm³/mol. The van der Waals surface area contributed by atoms with Gasteiger partial charge in [0.2, 0.25) is 5.91 Å². The van der Waals surface area contributed by atoms with E-state index in [4.69, 9.17) is 19.3 Å². The minimum absolute atomic E-state index is 0.143. The second kappa shape index (κ2) is 11.2. The number of nitrogens with one attached hydrogen (secondary N) is 1. The summed E-state index contributed by atoms with van der Waals surface area (Å²) in [6.45, 7) is -0.0166. The first-order valence-electron chi connectivity index (χ1n) is 14.2. The van der Waals surface area contributed by atoms with E-state index in [0.29, 0.717) is 29.4 Å². The highest BCUT2D eigenvalue weighted by Crippen LogP contribution is 2.59. The molecule has 4 aliphatic rings. The number of esters is 1. The number of carbonyl (C=O) groups is 2. The van der Waals surface area contributed by atoms with Gasteiger partial charge in [0.15, 0.2) is 5.79 Å². The van der Waals surface area contributed by atoms with Crippen LogP contribution in [-0.2, 0) is 25.4 Å². The average Bonchev–Trinajstić information content (AvgIpc) is 3.90. The van der Waals surface area contributed by atoms with Gasteiger partial charge in [-0.3, -0.25) is 4.79 Å². The van der Waals surface area contributed by atoms with Gasteiger partial charge in [0.05, 0.1) is 12.2 Å². The summed E-state index contributed by atoms with van der Waals surface area (Å²) in [5.74, 6) is -0.531. The number of amides is 1. The van der Waals surface area contributed by atoms with Crippen molar-refractivity contribution in [2.24, 2.45) is 11.8 Å². The van der Waals surface area contributed by atoms with Gasteiger partial charge < -0.3 is 29.7 Å². The zero-order valence-corrected chi connectivity index (χ0v) is 22.3. The molecule has 3 unspecified atom stereocenters. The molecule has 8 nitrogen and oxygen atoms in total. The first kappa shape index (κ1) is 26.7. The van der Waals surface area contributed by atoms with Gasteiger partial charge >= 0.3 is 5.97 Å². The van der Waals surface area contributed by atoms with Crippen LogP contribution in [0.1, 0.15) is 53.6 Å². The normalized spacial score (nSPS) is 25.3. The van der Waals surface area contributed by atoms with Gasteiger partial charge in [-0.05, 0) is 67.5 Å². The lowest BCUT2D eigenvalue weighted by molar-refractivity contribution is -0.209. The Bertz CT molecular complexity index is 1310. The summed E-state index contributed by atoms with van der Waals surface area (Å²) < 4.78 is 19.2. The van der Waals surface area contributed by atoms with Crippen LogP contribution in [0.5, 0.6) is 5.75 Å². The van der Waals surface area contributed by atoms with E-state index in [2.05, 4.69) is 5.32 Å². The molecular formula is C32H35NO7. The van der Waals surface area contributed by atoms with Gasteiger partial charge in [0, 0.05) is 30.4 Å². The van der Waals surface area contributed by atoms with Crippen molar-refractivity contribution in [3.63, 3.8) is 0 Å². The Morgan fingerprint density at radius 3 is 2.55 bits per heavy atom. The minimum Gasteiger partial charge on any atom is -0.508 e. The van der Waals surface area contributed by atoms with Crippen LogP contribution in [0.15, 0.2) is 66.3 Å². The summed E-state index contributed by atoms with van der Waals surface area (Å²) in [5.41, 5.74) is 2.52. The number of hydrogen-bond donors (Lipinski definition) is 3. The monoisotopic (exact) mass is 545 g/mol. The predicted octanol–water partition coefficient (Wildman–Crippen LogP) is 3.91. The number of benzene rings is 2. The van der Waals surface area contributed by atoms with Crippen molar-refractivity contribution in [1.29, 1.82) is 0 Å². The quantitative estimate of drug-likeness (QED) is 0.388. The lowest BCUT2D eigenvalue weighted by atomic mass is 9.91. The maximum absolute atomic E-state index is 13.4. The van der Waals surface area contributed by atoms with E-state index >= 15 is 0 Å². The van der Waals surface area contributed by atoms with Crippen LogP contribution in [-0.4, -0.2) is 59.3 Å². The number of para-hydroxylation sites is 1. The summed E-state index contributed by atoms with van der Waals surface area (Å²) in [5, 5.41) is 21.8. The molecule has 2 aromatic rings. The summed E-state index contributed by atoms with van der Waals surface area (Å²) in [6.07, 6.45) is 8.98. The molecule has 1 aliphatic heterocycles. The van der Waals surface area contributed by atoms with Crippen molar-refractivity contribution in [2.75, 3.05) is 13.2 Å². The summed E-state index contributed by atoms with van der Waals surface area (Å²) in [7, 11) is 0. The molecule has 2 saturated carbocycles. The van der Waals surface area contributed by atoms with Crippen molar-refractivity contribution in [3.8, 4) is 5.75 Å². The van der Waals surface area contributed by atoms with Gasteiger partial charge in [-0.1, -0.05) is 42.5 Å². The molecular weight excluding hydrogens is 510 g/mol. The van der Waals surface area contributed by atoms with Crippen molar-refractivity contribution >= 4 is 18.0 Å². The number of carbonyl (C=O) groups excluding carboxylic acids is 2. The third-order valence-corrected chi connectivity index (χ3v) is 8.12. The Labute approximate surface area is 233 Å². The van der Waals surface area contributed by atoms with Gasteiger partial charge in [-0.25, -0.2) is 4.79 Å². The molecule has 0 radical (unpaired) electrons. The number of phenolic OH excluding ortho intramolecular Hbond substituents is 1. The fourth-order valence-electron chi connectivity index (χ4n) is 5.83. The highest BCUT2D eigenvalue weighted by Gasteiger charge is 2.64. The van der Waals surface area contributed by atoms with Crippen LogP contribution in [0.2, 0.25) is 0 Å². The van der Waals surface area contributed by atoms with E-state index < -0.39 is 30.1 Å². The molecule has 6 rings (SSSR count). The molecule has 1 saturated heterocycles. The van der Waals surface area contributed by atoms with Crippen molar-refractivity contribution in [1.82, 2.24) is 5.32 Å². The molecule has 2 aromatic carbocycles. The highest BCUT2D eigenvalue weighted by molar-refractivity contribution is 5.94. The molecule has 3 aliphatic carbocycles. The van der Waals surface area contributed by atoms with Crippen molar-refractivity contribution in [2.45, 2.75) is 62.6 Å². The molecule has 3 atom stereocenters. The number of fused-ring (bicyclic) bond motifs is 1. The summed E-state index contributed by atoms with van der Waals surface area (Å²) >= 11 is 0. The molecule has 1 heterocycles. The van der Waals surface area contributed by atoms with Crippen LogP contribution in [0, 0.1) is 11.8 Å². The molecule has 3 fully saturated rings. The lowest BCUT2D eigenvalue weighted by Crippen LogP contribution is -2.44. The van der Waals surface area contributed by atoms with Crippen molar-refractivity contribution < 1.29 is 34.0 Å². The number of phenols is 1. The fourth-order valence-corrected chi connectivity index (χ4v) is 5.83. The molecule has 1 amide bonds. The zero-order chi connectivity index (χ0) is 27.7. The van der Waals surface area contributed by atoms with E-state index in [1.165, 1.54) is 0 Å². The number of ether oxygens (including phenoxy) is 3. The van der Waals surface area contributed by atoms with Gasteiger partial charge in [0.25, 0.3) is 0 Å². The fraction of sp³-hybridized carbons (Fsp3) is 0.438. The first-order chi connectivity index (χ1) is 19.5. The molecule has 210 valence electrons. The Hall–Kier alpha value is -3.46. The van der Waals surface area contributed by atoms with Crippen LogP contribution in [0.3, 0.4) is 0 Å². The average molecular weight is 546 g/mol. The topological polar surface area (TPSA) is 114 Å². The second-order valence-electron chi connectivity index (χ2n) is 11.1. The Morgan fingerprint density at radius 2 is 1.82 bits per heavy atom. The van der Waals surface area contributed by atoms with Crippen LogP contribution < -0.4 is 5.32 Å². The standard InChI is InChI=1S/C32H35NO7/c34-16-15-33-30(36)23-18-27(29-28(19-23)39-32(40-29,24-11-12-24)25-13-14-25)38-31(37)22-9-4-6-20(17-22)5-3-8-21-7-1-2-10-26(21)35/h1-7,9-10,17,19,24-25,27-29,34-35H,8,11-16,18H2,(H,33,36). The number of hydrogen-bond acceptors (Lipinski definition) is 7. The number of rotatable bonds is 10. The second-order valence-corrected chi connectivity index (χ2v) is 11.1. The minimum atomic E-state index is -0.683. The van der Waals surface area contributed by atoms with Crippen LogP contribution >= 0.6 is 0 Å². The summed E-state index contributed by atoms with van der Waals surface area (Å²) in [6, 6.07) is 14.4. The van der Waals surface area contributed by atoms with E-state index in [0.717, 1.165) is 36.8 Å². The lowest BCUT2D eigenvalue weighted by Gasteiger charge is -2.31.